The van der Waals surface area contributed by atoms with Gasteiger partial charge in [0.2, 0.25) is 0 Å². The molecule has 1 aromatic carbocycles. The van der Waals surface area contributed by atoms with Gasteiger partial charge in [0.1, 0.15) is 0 Å². The maximum atomic E-state index is 5.62. The summed E-state index contributed by atoms with van der Waals surface area (Å²) in [6.45, 7) is 2.32. The van der Waals surface area contributed by atoms with E-state index in [1.807, 2.05) is 0 Å². The maximum absolute atomic E-state index is 5.62. The van der Waals surface area contributed by atoms with E-state index in [0.29, 0.717) is 12.7 Å². The van der Waals surface area contributed by atoms with Gasteiger partial charge in [-0.2, -0.15) is 0 Å². The van der Waals surface area contributed by atoms with Gasteiger partial charge in [-0.05, 0) is 53.1 Å². The topological polar surface area (TPSA) is 18.5 Å². The summed E-state index contributed by atoms with van der Waals surface area (Å²) in [5.41, 5.74) is 1.23. The van der Waals surface area contributed by atoms with Crippen LogP contribution in [0.3, 0.4) is 0 Å². The van der Waals surface area contributed by atoms with Crippen molar-refractivity contribution < 1.29 is 9.47 Å². The molecule has 1 atom stereocenters. The van der Waals surface area contributed by atoms with Crippen molar-refractivity contribution in [2.45, 2.75) is 25.6 Å². The number of halogens is 1. The van der Waals surface area contributed by atoms with Crippen LogP contribution in [0.5, 0.6) is 0 Å². The highest BCUT2D eigenvalue weighted by atomic mass is 127. The first-order chi connectivity index (χ1) is 7.34. The van der Waals surface area contributed by atoms with Gasteiger partial charge in [-0.3, -0.25) is 0 Å². The Morgan fingerprint density at radius 1 is 1.33 bits per heavy atom. The highest BCUT2D eigenvalue weighted by molar-refractivity contribution is 14.1. The Hall–Kier alpha value is -0.130. The minimum atomic E-state index is 0.328. The summed E-state index contributed by atoms with van der Waals surface area (Å²) in [7, 11) is 0. The van der Waals surface area contributed by atoms with E-state index in [1.165, 1.54) is 15.6 Å². The van der Waals surface area contributed by atoms with Crippen LogP contribution in [0.15, 0.2) is 24.3 Å². The quantitative estimate of drug-likeness (QED) is 0.795. The summed E-state index contributed by atoms with van der Waals surface area (Å²) in [6.07, 6.45) is 2.65. The summed E-state index contributed by atoms with van der Waals surface area (Å²) in [4.78, 5) is 0. The maximum Gasteiger partial charge on any atom is 0.0809 e. The smallest absolute Gasteiger partial charge is 0.0809 e. The normalized spacial score (nSPS) is 20.7. The number of rotatable bonds is 4. The van der Waals surface area contributed by atoms with Crippen LogP contribution in [0.2, 0.25) is 0 Å². The number of benzene rings is 1. The molecule has 1 aromatic rings. The van der Waals surface area contributed by atoms with Gasteiger partial charge >= 0.3 is 0 Å². The van der Waals surface area contributed by atoms with Gasteiger partial charge in [0.15, 0.2) is 0 Å². The minimum Gasteiger partial charge on any atom is -0.376 e. The van der Waals surface area contributed by atoms with Crippen LogP contribution >= 0.6 is 22.6 Å². The van der Waals surface area contributed by atoms with Crippen molar-refractivity contribution in [3.05, 3.63) is 33.4 Å². The fourth-order valence-corrected chi connectivity index (χ4v) is 2.02. The highest BCUT2D eigenvalue weighted by Crippen LogP contribution is 2.13. The fourth-order valence-electron chi connectivity index (χ4n) is 1.66. The molecule has 0 amide bonds. The molecular formula is C12H15IO2. The van der Waals surface area contributed by atoms with Gasteiger partial charge in [-0.15, -0.1) is 0 Å². The zero-order valence-electron chi connectivity index (χ0n) is 8.62. The SMILES string of the molecule is Ic1ccc(COCC2CCCO2)cc1. The Balaban J connectivity index is 1.71. The lowest BCUT2D eigenvalue weighted by Gasteiger charge is -2.09. The molecule has 0 aromatic heterocycles. The van der Waals surface area contributed by atoms with Crippen molar-refractivity contribution in [2.75, 3.05) is 13.2 Å². The van der Waals surface area contributed by atoms with Crippen molar-refractivity contribution in [3.8, 4) is 0 Å². The van der Waals surface area contributed by atoms with Crippen LogP contribution in [-0.2, 0) is 16.1 Å². The summed E-state index contributed by atoms with van der Waals surface area (Å²) >= 11 is 2.30. The van der Waals surface area contributed by atoms with E-state index in [2.05, 4.69) is 46.9 Å². The van der Waals surface area contributed by atoms with Gasteiger partial charge in [0.05, 0.1) is 19.3 Å². The molecule has 1 saturated heterocycles. The van der Waals surface area contributed by atoms with Crippen LogP contribution in [0.4, 0.5) is 0 Å². The molecule has 1 heterocycles. The molecule has 0 spiro atoms. The molecule has 1 unspecified atom stereocenters. The van der Waals surface area contributed by atoms with Crippen molar-refractivity contribution in [3.63, 3.8) is 0 Å². The predicted octanol–water partition coefficient (Wildman–Crippen LogP) is 2.99. The second-order valence-electron chi connectivity index (χ2n) is 3.78. The molecule has 0 N–H and O–H groups in total. The molecule has 15 heavy (non-hydrogen) atoms. The van der Waals surface area contributed by atoms with E-state index >= 15 is 0 Å². The fraction of sp³-hybridized carbons (Fsp3) is 0.500. The summed E-state index contributed by atoms with van der Waals surface area (Å²) in [5.74, 6) is 0. The van der Waals surface area contributed by atoms with Gasteiger partial charge in [-0.25, -0.2) is 0 Å². The summed E-state index contributed by atoms with van der Waals surface area (Å²) < 4.78 is 12.4. The van der Waals surface area contributed by atoms with E-state index in [0.717, 1.165) is 19.6 Å². The Labute approximate surface area is 104 Å². The van der Waals surface area contributed by atoms with Crippen LogP contribution < -0.4 is 0 Å². The first-order valence-corrected chi connectivity index (χ1v) is 6.36. The van der Waals surface area contributed by atoms with Crippen molar-refractivity contribution >= 4 is 22.6 Å². The Kier molecular flexibility index (Phi) is 4.41. The average molecular weight is 318 g/mol. The molecule has 1 aliphatic heterocycles. The molecule has 0 radical (unpaired) electrons. The van der Waals surface area contributed by atoms with Crippen molar-refractivity contribution in [1.29, 1.82) is 0 Å². The van der Waals surface area contributed by atoms with E-state index in [9.17, 15) is 0 Å². The second-order valence-corrected chi connectivity index (χ2v) is 5.02. The number of hydrogen-bond donors (Lipinski definition) is 0. The van der Waals surface area contributed by atoms with E-state index < -0.39 is 0 Å². The van der Waals surface area contributed by atoms with Gasteiger partial charge in [0, 0.05) is 10.2 Å². The predicted molar refractivity (Wildman–Crippen MR) is 67.8 cm³/mol. The number of ether oxygens (including phenoxy) is 2. The zero-order valence-corrected chi connectivity index (χ0v) is 10.8. The lowest BCUT2D eigenvalue weighted by Crippen LogP contribution is -2.13. The molecule has 2 nitrogen and oxygen atoms in total. The Morgan fingerprint density at radius 3 is 2.80 bits per heavy atom. The average Bonchev–Trinajstić information content (AvgIpc) is 2.74. The van der Waals surface area contributed by atoms with Gasteiger partial charge in [0.25, 0.3) is 0 Å². The zero-order chi connectivity index (χ0) is 10.5. The molecule has 0 aliphatic carbocycles. The molecule has 3 heteroatoms. The third kappa shape index (κ3) is 3.74. The molecule has 2 rings (SSSR count). The molecular weight excluding hydrogens is 303 g/mol. The summed E-state index contributed by atoms with van der Waals surface area (Å²) in [6, 6.07) is 8.42. The van der Waals surface area contributed by atoms with E-state index in [4.69, 9.17) is 9.47 Å². The first-order valence-electron chi connectivity index (χ1n) is 5.28. The van der Waals surface area contributed by atoms with Crippen molar-refractivity contribution in [1.82, 2.24) is 0 Å². The third-order valence-corrected chi connectivity index (χ3v) is 3.23. The largest absolute Gasteiger partial charge is 0.376 e. The van der Waals surface area contributed by atoms with E-state index in [1.54, 1.807) is 0 Å². The first kappa shape index (κ1) is 11.4. The summed E-state index contributed by atoms with van der Waals surface area (Å²) in [5, 5.41) is 0. The molecule has 0 saturated carbocycles. The molecule has 1 fully saturated rings. The molecule has 1 aliphatic rings. The van der Waals surface area contributed by atoms with Gasteiger partial charge < -0.3 is 9.47 Å². The monoisotopic (exact) mass is 318 g/mol. The lowest BCUT2D eigenvalue weighted by atomic mass is 10.2. The van der Waals surface area contributed by atoms with E-state index in [-0.39, 0.29) is 0 Å². The van der Waals surface area contributed by atoms with Crippen LogP contribution in [-0.4, -0.2) is 19.3 Å². The standard InChI is InChI=1S/C12H15IO2/c13-11-5-3-10(4-6-11)8-14-9-12-2-1-7-15-12/h3-6,12H,1-2,7-9H2. The lowest BCUT2D eigenvalue weighted by molar-refractivity contribution is 0.0106. The van der Waals surface area contributed by atoms with Crippen LogP contribution in [0.25, 0.3) is 0 Å². The highest BCUT2D eigenvalue weighted by Gasteiger charge is 2.14. The Bertz CT molecular complexity index is 291. The minimum absolute atomic E-state index is 0.328. The van der Waals surface area contributed by atoms with Crippen LogP contribution in [0.1, 0.15) is 18.4 Å². The van der Waals surface area contributed by atoms with Crippen molar-refractivity contribution in [2.24, 2.45) is 0 Å². The number of hydrogen-bond acceptors (Lipinski definition) is 2. The third-order valence-electron chi connectivity index (χ3n) is 2.51. The van der Waals surface area contributed by atoms with Crippen LogP contribution in [0, 0.1) is 3.57 Å². The van der Waals surface area contributed by atoms with Gasteiger partial charge in [-0.1, -0.05) is 12.1 Å². The second kappa shape index (κ2) is 5.82. The molecule has 82 valence electrons. The Morgan fingerprint density at radius 2 is 2.13 bits per heavy atom. The molecule has 0 bridgehead atoms.